The van der Waals surface area contributed by atoms with Gasteiger partial charge >= 0.3 is 0 Å². The number of carbonyl (C=O) groups is 1. The normalized spacial score (nSPS) is 11.2. The summed E-state index contributed by atoms with van der Waals surface area (Å²) in [6.45, 7) is 6.44. The molecule has 0 unspecified atom stereocenters. The molecule has 0 aliphatic rings. The Hall–Kier alpha value is -3.20. The lowest BCUT2D eigenvalue weighted by Gasteiger charge is -2.19. The molecule has 1 aromatic heterocycles. The van der Waals surface area contributed by atoms with E-state index in [1.54, 1.807) is 12.1 Å². The lowest BCUT2D eigenvalue weighted by Crippen LogP contribution is -2.15. The molecule has 0 radical (unpaired) electrons. The number of hydrogen-bond acceptors (Lipinski definition) is 8. The number of amides is 1. The van der Waals surface area contributed by atoms with Crippen molar-refractivity contribution in [2.75, 3.05) is 32.4 Å². The summed E-state index contributed by atoms with van der Waals surface area (Å²) in [5, 5.41) is 11.2. The maximum Gasteiger partial charge on any atom is 0.277 e. The van der Waals surface area contributed by atoms with E-state index in [1.165, 1.54) is 26.9 Å². The number of nitrogens with zero attached hydrogens (tertiary/aromatic N) is 2. The molecule has 0 fully saturated rings. The Morgan fingerprint density at radius 2 is 1.62 bits per heavy atom. The largest absolute Gasteiger partial charge is 0.493 e. The summed E-state index contributed by atoms with van der Waals surface area (Å²) in [6.07, 6.45) is 0. The Balaban J connectivity index is 1.64. The van der Waals surface area contributed by atoms with Gasteiger partial charge in [0.05, 0.1) is 27.1 Å². The van der Waals surface area contributed by atoms with Crippen LogP contribution in [-0.4, -0.2) is 43.2 Å². The molecule has 9 heteroatoms. The van der Waals surface area contributed by atoms with Crippen molar-refractivity contribution in [1.82, 2.24) is 10.2 Å². The number of anilines is 1. The van der Waals surface area contributed by atoms with Crippen LogP contribution in [0.5, 0.6) is 17.2 Å². The lowest BCUT2D eigenvalue weighted by molar-refractivity contribution is -0.113. The van der Waals surface area contributed by atoms with Crippen molar-refractivity contribution in [3.63, 3.8) is 0 Å². The maximum absolute atomic E-state index is 12.3. The minimum Gasteiger partial charge on any atom is -0.493 e. The van der Waals surface area contributed by atoms with Crippen LogP contribution in [0.1, 0.15) is 26.3 Å². The standard InChI is InChI=1S/C23H27N3O5S/c1-23(2,3)15-7-9-16(10-8-15)24-19(27)13-32-22-26-25-21(31-22)14-11-17(28-4)20(30-6)18(12-14)29-5/h7-12H,13H2,1-6H3,(H,24,27). The average molecular weight is 458 g/mol. The summed E-state index contributed by atoms with van der Waals surface area (Å²) in [6, 6.07) is 11.3. The Kier molecular flexibility index (Phi) is 7.29. The summed E-state index contributed by atoms with van der Waals surface area (Å²) >= 11 is 1.16. The van der Waals surface area contributed by atoms with Crippen molar-refractivity contribution >= 4 is 23.4 Å². The van der Waals surface area contributed by atoms with Gasteiger partial charge in [-0.3, -0.25) is 4.79 Å². The second-order valence-corrected chi connectivity index (χ2v) is 8.88. The number of methoxy groups -OCH3 is 3. The number of benzene rings is 2. The van der Waals surface area contributed by atoms with Crippen molar-refractivity contribution in [3.05, 3.63) is 42.0 Å². The van der Waals surface area contributed by atoms with Crippen molar-refractivity contribution < 1.29 is 23.4 Å². The molecule has 1 N–H and O–H groups in total. The third-order valence-corrected chi connectivity index (χ3v) is 5.50. The van der Waals surface area contributed by atoms with E-state index in [1.807, 2.05) is 24.3 Å². The minimum atomic E-state index is -0.161. The fraction of sp³-hybridized carbons (Fsp3) is 0.348. The zero-order valence-corrected chi connectivity index (χ0v) is 19.8. The number of nitrogens with one attached hydrogen (secondary N) is 1. The molecule has 2 aromatic carbocycles. The van der Waals surface area contributed by atoms with E-state index in [-0.39, 0.29) is 28.2 Å². The van der Waals surface area contributed by atoms with Crippen LogP contribution in [0, 0.1) is 0 Å². The molecule has 1 amide bonds. The quantitative estimate of drug-likeness (QED) is 0.482. The Bertz CT molecular complexity index is 1050. The lowest BCUT2D eigenvalue weighted by atomic mass is 9.87. The van der Waals surface area contributed by atoms with Crippen molar-refractivity contribution in [2.24, 2.45) is 0 Å². The molecule has 32 heavy (non-hydrogen) atoms. The molecule has 0 aliphatic heterocycles. The van der Waals surface area contributed by atoms with E-state index in [0.717, 1.165) is 17.4 Å². The number of hydrogen-bond donors (Lipinski definition) is 1. The first kappa shape index (κ1) is 23.5. The van der Waals surface area contributed by atoms with Crippen molar-refractivity contribution in [1.29, 1.82) is 0 Å². The first-order valence-electron chi connectivity index (χ1n) is 9.92. The number of rotatable bonds is 8. The first-order valence-corrected chi connectivity index (χ1v) is 10.9. The van der Waals surface area contributed by atoms with Gasteiger partial charge in [0, 0.05) is 11.3 Å². The monoisotopic (exact) mass is 457 g/mol. The second-order valence-electron chi connectivity index (χ2n) is 7.95. The van der Waals surface area contributed by atoms with Crippen LogP contribution in [-0.2, 0) is 10.2 Å². The molecule has 3 aromatic rings. The molecule has 0 spiro atoms. The molecule has 0 saturated carbocycles. The predicted molar refractivity (Wildman–Crippen MR) is 124 cm³/mol. The highest BCUT2D eigenvalue weighted by atomic mass is 32.2. The van der Waals surface area contributed by atoms with Crippen molar-refractivity contribution in [3.8, 4) is 28.7 Å². The second kappa shape index (κ2) is 9.95. The third kappa shape index (κ3) is 5.53. The van der Waals surface area contributed by atoms with E-state index in [2.05, 4.69) is 36.3 Å². The highest BCUT2D eigenvalue weighted by Gasteiger charge is 2.18. The van der Waals surface area contributed by atoms with Gasteiger partial charge in [-0.25, -0.2) is 0 Å². The van der Waals surface area contributed by atoms with E-state index >= 15 is 0 Å². The summed E-state index contributed by atoms with van der Waals surface area (Å²) in [4.78, 5) is 12.3. The first-order chi connectivity index (χ1) is 15.2. The van der Waals surface area contributed by atoms with Gasteiger partial charge in [-0.05, 0) is 35.2 Å². The molecule has 0 bridgehead atoms. The van der Waals surface area contributed by atoms with Crippen LogP contribution in [0.25, 0.3) is 11.5 Å². The van der Waals surface area contributed by atoms with Crippen LogP contribution in [0.3, 0.4) is 0 Å². The van der Waals surface area contributed by atoms with E-state index in [0.29, 0.717) is 22.8 Å². The predicted octanol–water partition coefficient (Wildman–Crippen LogP) is 4.79. The third-order valence-electron chi connectivity index (χ3n) is 4.68. The highest BCUT2D eigenvalue weighted by molar-refractivity contribution is 7.99. The van der Waals surface area contributed by atoms with E-state index in [9.17, 15) is 4.79 Å². The van der Waals surface area contributed by atoms with Gasteiger partial charge in [-0.2, -0.15) is 0 Å². The van der Waals surface area contributed by atoms with Crippen molar-refractivity contribution in [2.45, 2.75) is 31.4 Å². The zero-order chi connectivity index (χ0) is 23.3. The summed E-state index contributed by atoms with van der Waals surface area (Å²) in [5.74, 6) is 1.69. The van der Waals surface area contributed by atoms with Crippen LogP contribution in [0.15, 0.2) is 46.0 Å². The fourth-order valence-electron chi connectivity index (χ4n) is 2.97. The van der Waals surface area contributed by atoms with Gasteiger partial charge in [-0.15, -0.1) is 10.2 Å². The molecule has 170 valence electrons. The number of thioether (sulfide) groups is 1. The fourth-order valence-corrected chi connectivity index (χ4v) is 3.53. The average Bonchev–Trinajstić information content (AvgIpc) is 3.25. The summed E-state index contributed by atoms with van der Waals surface area (Å²) in [5.41, 5.74) is 2.62. The number of aromatic nitrogens is 2. The highest BCUT2D eigenvalue weighted by Crippen LogP contribution is 2.41. The summed E-state index contributed by atoms with van der Waals surface area (Å²) in [7, 11) is 4.60. The maximum atomic E-state index is 12.3. The van der Waals surface area contributed by atoms with Gasteiger partial charge in [-0.1, -0.05) is 44.7 Å². The molecule has 3 rings (SSSR count). The zero-order valence-electron chi connectivity index (χ0n) is 19.0. The molecule has 0 saturated heterocycles. The molecule has 0 aliphatic carbocycles. The SMILES string of the molecule is COc1cc(-c2nnc(SCC(=O)Nc3ccc(C(C)(C)C)cc3)o2)cc(OC)c1OC. The van der Waals surface area contributed by atoms with Gasteiger partial charge in [0.15, 0.2) is 11.5 Å². The molecular formula is C23H27N3O5S. The van der Waals surface area contributed by atoms with E-state index in [4.69, 9.17) is 18.6 Å². The van der Waals surface area contributed by atoms with Crippen LogP contribution >= 0.6 is 11.8 Å². The molecule has 0 atom stereocenters. The minimum absolute atomic E-state index is 0.0615. The van der Waals surface area contributed by atoms with Gasteiger partial charge in [0.2, 0.25) is 17.5 Å². The topological polar surface area (TPSA) is 95.7 Å². The Morgan fingerprint density at radius 3 is 2.16 bits per heavy atom. The van der Waals surface area contributed by atoms with E-state index < -0.39 is 0 Å². The Labute approximate surface area is 191 Å². The van der Waals surface area contributed by atoms with Crippen LogP contribution in [0.4, 0.5) is 5.69 Å². The summed E-state index contributed by atoms with van der Waals surface area (Å²) < 4.78 is 21.7. The van der Waals surface area contributed by atoms with Gasteiger partial charge in [0.25, 0.3) is 5.22 Å². The smallest absolute Gasteiger partial charge is 0.277 e. The number of carbonyl (C=O) groups excluding carboxylic acids is 1. The Morgan fingerprint density at radius 1 is 1.00 bits per heavy atom. The molecule has 1 heterocycles. The number of ether oxygens (including phenoxy) is 3. The molecular weight excluding hydrogens is 430 g/mol. The molecule has 8 nitrogen and oxygen atoms in total. The van der Waals surface area contributed by atoms with Gasteiger partial charge < -0.3 is 23.9 Å². The van der Waals surface area contributed by atoms with Gasteiger partial charge in [0.1, 0.15) is 0 Å². The van der Waals surface area contributed by atoms with Crippen LogP contribution in [0.2, 0.25) is 0 Å². The van der Waals surface area contributed by atoms with Crippen LogP contribution < -0.4 is 19.5 Å².